The van der Waals surface area contributed by atoms with Gasteiger partial charge in [-0.15, -0.1) is 0 Å². The summed E-state index contributed by atoms with van der Waals surface area (Å²) in [5.74, 6) is 2.20. The largest absolute Gasteiger partial charge is 0.576 e. The molecule has 0 aromatic heterocycles. The Morgan fingerprint density at radius 2 is 1.45 bits per heavy atom. The molecule has 1 rings (SSSR count). The fourth-order valence-electron chi connectivity index (χ4n) is 1.74. The molecular weight excluding hydrogens is 280 g/mol. The predicted molar refractivity (Wildman–Crippen MR) is 95.2 cm³/mol. The molecule has 3 nitrogen and oxygen atoms in total. The van der Waals surface area contributed by atoms with Crippen molar-refractivity contribution in [2.45, 2.75) is 39.3 Å². The number of hydrogen-bond acceptors (Lipinski definition) is 1. The van der Waals surface area contributed by atoms with Gasteiger partial charge in [-0.3, -0.25) is 0 Å². The van der Waals surface area contributed by atoms with Gasteiger partial charge in [-0.1, -0.05) is 19.6 Å². The topological polar surface area (TPSA) is 27.1 Å². The van der Waals surface area contributed by atoms with Crippen molar-refractivity contribution in [3.8, 4) is 5.75 Å². The van der Waals surface area contributed by atoms with E-state index in [0.29, 0.717) is 0 Å². The Labute approximate surface area is 126 Å². The molecule has 0 atom stereocenters. The second-order valence-corrected chi connectivity index (χ2v) is 16.7. The summed E-state index contributed by atoms with van der Waals surface area (Å²) in [4.78, 5) is 3.68. The van der Waals surface area contributed by atoms with Gasteiger partial charge in [-0.2, -0.15) is 0 Å². The Morgan fingerprint density at radius 3 is 1.80 bits per heavy atom. The number of amidine groups is 1. The van der Waals surface area contributed by atoms with Crippen LogP contribution in [0, 0.1) is 0 Å². The average Bonchev–Trinajstić information content (AvgIpc) is 2.24. The van der Waals surface area contributed by atoms with Crippen LogP contribution in [0.3, 0.4) is 0 Å². The lowest BCUT2D eigenvalue weighted by Gasteiger charge is -2.24. The molecular formula is C15H29N2OSi2+. The van der Waals surface area contributed by atoms with E-state index < -0.39 is 16.5 Å². The van der Waals surface area contributed by atoms with Gasteiger partial charge in [-0.05, 0) is 31.8 Å². The third-order valence-electron chi connectivity index (χ3n) is 2.54. The smallest absolute Gasteiger partial charge is 0.255 e. The third kappa shape index (κ3) is 5.92. The predicted octanol–water partition coefficient (Wildman–Crippen LogP) is 4.22. The van der Waals surface area contributed by atoms with E-state index in [4.69, 9.17) is 4.66 Å². The molecule has 0 spiro atoms. The molecule has 0 bridgehead atoms. The highest BCUT2D eigenvalue weighted by molar-refractivity contribution is 6.78. The van der Waals surface area contributed by atoms with Crippen LogP contribution in [-0.2, 0) is 4.37 Å². The SMILES string of the molecule is C[O+](C)c1ccc(/C(=N\[Si](C)(C)C)N[Si](C)(C)C)cc1. The minimum Gasteiger partial charge on any atom is -0.576 e. The van der Waals surface area contributed by atoms with Crippen LogP contribution in [0.4, 0.5) is 0 Å². The van der Waals surface area contributed by atoms with Crippen molar-refractivity contribution < 1.29 is 4.37 Å². The van der Waals surface area contributed by atoms with Crippen LogP contribution in [0.5, 0.6) is 5.75 Å². The van der Waals surface area contributed by atoms with Crippen molar-refractivity contribution in [1.29, 1.82) is 0 Å². The van der Waals surface area contributed by atoms with E-state index in [-0.39, 0.29) is 0 Å². The lowest BCUT2D eigenvalue weighted by atomic mass is 10.2. The summed E-state index contributed by atoms with van der Waals surface area (Å²) >= 11 is 0. The maximum absolute atomic E-state index is 5.00. The molecule has 0 aliphatic heterocycles. The van der Waals surface area contributed by atoms with Crippen molar-refractivity contribution >= 4 is 22.3 Å². The first-order valence-corrected chi connectivity index (χ1v) is 14.0. The van der Waals surface area contributed by atoms with E-state index in [1.54, 1.807) is 0 Å². The van der Waals surface area contributed by atoms with Gasteiger partial charge >= 0.3 is 0 Å². The lowest BCUT2D eigenvalue weighted by Crippen LogP contribution is -2.46. The first-order chi connectivity index (χ1) is 8.98. The first-order valence-electron chi connectivity index (χ1n) is 7.04. The summed E-state index contributed by atoms with van der Waals surface area (Å²) in [6.07, 6.45) is 0. The van der Waals surface area contributed by atoms with E-state index in [2.05, 4.69) is 72.9 Å². The average molecular weight is 310 g/mol. The normalized spacial score (nSPS) is 13.3. The number of hydrogen-bond donors (Lipinski definition) is 1. The van der Waals surface area contributed by atoms with E-state index in [9.17, 15) is 0 Å². The van der Waals surface area contributed by atoms with Crippen molar-refractivity contribution in [3.05, 3.63) is 29.8 Å². The van der Waals surface area contributed by atoms with Gasteiger partial charge in [0.2, 0.25) is 0 Å². The zero-order chi connectivity index (χ0) is 15.6. The lowest BCUT2D eigenvalue weighted by molar-refractivity contribution is 0.0493. The fourth-order valence-corrected chi connectivity index (χ4v) is 3.62. The van der Waals surface area contributed by atoms with Crippen LogP contribution in [0.1, 0.15) is 5.56 Å². The van der Waals surface area contributed by atoms with Gasteiger partial charge in [0.05, 0.1) is 0 Å². The number of nitrogens with one attached hydrogen (secondary N) is 1. The molecule has 0 heterocycles. The summed E-state index contributed by atoms with van der Waals surface area (Å²) in [5, 5.41) is 0. The molecule has 0 aliphatic carbocycles. The quantitative estimate of drug-likeness (QED) is 0.383. The van der Waals surface area contributed by atoms with Crippen LogP contribution in [0.15, 0.2) is 28.9 Å². The minimum atomic E-state index is -1.51. The van der Waals surface area contributed by atoms with Crippen LogP contribution in [-0.4, -0.2) is 36.5 Å². The van der Waals surface area contributed by atoms with Gasteiger partial charge in [0, 0.05) is 17.7 Å². The zero-order valence-electron chi connectivity index (χ0n) is 14.2. The number of nitrogens with zero attached hydrogens (tertiary/aromatic N) is 1. The van der Waals surface area contributed by atoms with Crippen molar-refractivity contribution in [2.75, 3.05) is 14.2 Å². The molecule has 1 aromatic carbocycles. The molecule has 0 amide bonds. The molecule has 0 saturated heterocycles. The molecule has 0 aliphatic rings. The van der Waals surface area contributed by atoms with E-state index in [1.807, 2.05) is 14.2 Å². The number of benzene rings is 1. The van der Waals surface area contributed by atoms with Crippen LogP contribution < -0.4 is 4.98 Å². The minimum absolute atomic E-state index is 1.07. The monoisotopic (exact) mass is 309 g/mol. The van der Waals surface area contributed by atoms with Crippen LogP contribution in [0.2, 0.25) is 39.3 Å². The summed E-state index contributed by atoms with van der Waals surface area (Å²) in [6, 6.07) is 8.53. The fraction of sp³-hybridized carbons (Fsp3) is 0.533. The summed E-state index contributed by atoms with van der Waals surface area (Å²) < 4.78 is 7.88. The van der Waals surface area contributed by atoms with Crippen molar-refractivity contribution in [1.82, 2.24) is 4.98 Å². The molecule has 0 unspecified atom stereocenters. The maximum atomic E-state index is 5.00. The van der Waals surface area contributed by atoms with Crippen LogP contribution in [0.25, 0.3) is 0 Å². The van der Waals surface area contributed by atoms with Crippen molar-refractivity contribution in [3.63, 3.8) is 0 Å². The molecule has 0 saturated carbocycles. The van der Waals surface area contributed by atoms with Gasteiger partial charge in [0.1, 0.15) is 14.1 Å². The highest BCUT2D eigenvalue weighted by atomic mass is 28.3. The summed E-state index contributed by atoms with van der Waals surface area (Å²) in [7, 11) is 1.04. The van der Waals surface area contributed by atoms with Crippen LogP contribution >= 0.6 is 0 Å². The summed E-state index contributed by atoms with van der Waals surface area (Å²) in [6.45, 7) is 13.7. The Bertz CT molecular complexity index is 468. The molecule has 20 heavy (non-hydrogen) atoms. The van der Waals surface area contributed by atoms with Gasteiger partial charge in [0.15, 0.2) is 22.5 Å². The summed E-state index contributed by atoms with van der Waals surface area (Å²) in [5.41, 5.74) is 1.18. The second kappa shape index (κ2) is 6.14. The van der Waals surface area contributed by atoms with E-state index in [0.717, 1.165) is 11.6 Å². The highest BCUT2D eigenvalue weighted by Gasteiger charge is 2.20. The molecule has 5 heteroatoms. The number of rotatable bonds is 4. The van der Waals surface area contributed by atoms with Gasteiger partial charge < -0.3 is 14.0 Å². The Morgan fingerprint density at radius 1 is 0.950 bits per heavy atom. The first kappa shape index (κ1) is 17.0. The molecule has 0 radical (unpaired) electrons. The van der Waals surface area contributed by atoms with E-state index in [1.165, 1.54) is 5.56 Å². The van der Waals surface area contributed by atoms with Gasteiger partial charge in [0.25, 0.3) is 5.75 Å². The highest BCUT2D eigenvalue weighted by Crippen LogP contribution is 2.20. The van der Waals surface area contributed by atoms with Crippen molar-refractivity contribution in [2.24, 2.45) is 4.66 Å². The van der Waals surface area contributed by atoms with E-state index >= 15 is 0 Å². The maximum Gasteiger partial charge on any atom is 0.255 e. The second-order valence-electron chi connectivity index (χ2n) is 7.35. The molecule has 0 fully saturated rings. The molecule has 1 N–H and O–H groups in total. The van der Waals surface area contributed by atoms with Gasteiger partial charge in [-0.25, -0.2) is 0 Å². The Kier molecular flexibility index (Phi) is 5.21. The standard InChI is InChI=1S/C15H29N2OSi2/c1-18(2)14-11-9-13(10-12-14)15(16-19(3,4)5)17-20(6,7)8/h9-12H,1-8H3,(H,16,17)/q+1. The zero-order valence-corrected chi connectivity index (χ0v) is 16.2. The Hall–Kier alpha value is -1.08. The Balaban J connectivity index is 3.14. The molecule has 112 valence electrons. The third-order valence-corrected chi connectivity index (χ3v) is 4.42. The molecule has 1 aromatic rings.